The summed E-state index contributed by atoms with van der Waals surface area (Å²) in [5.74, 6) is -0.169. The smallest absolute Gasteiger partial charge is 0.332 e. The number of rotatable bonds is 7. The predicted molar refractivity (Wildman–Crippen MR) is 122 cm³/mol. The molecule has 2 fully saturated rings. The maximum atomic E-state index is 13.6. The van der Waals surface area contributed by atoms with Gasteiger partial charge in [0.2, 0.25) is 5.91 Å². The summed E-state index contributed by atoms with van der Waals surface area (Å²) in [6.45, 7) is 5.12. The molecule has 2 saturated carbocycles. The molecule has 1 spiro atoms. The van der Waals surface area contributed by atoms with E-state index in [1.54, 1.807) is 18.7 Å². The van der Waals surface area contributed by atoms with Crippen LogP contribution in [0.3, 0.4) is 0 Å². The Morgan fingerprint density at radius 3 is 2.59 bits per heavy atom. The minimum absolute atomic E-state index is 0.000997. The molecule has 0 bridgehead atoms. The van der Waals surface area contributed by atoms with E-state index < -0.39 is 11.2 Å². The van der Waals surface area contributed by atoms with Crippen LogP contribution in [-0.4, -0.2) is 54.8 Å². The first-order valence-corrected chi connectivity index (χ1v) is 11.9. The lowest BCUT2D eigenvalue weighted by atomic mass is 9.54. The van der Waals surface area contributed by atoms with Gasteiger partial charge in [0.05, 0.1) is 12.4 Å². The summed E-state index contributed by atoms with van der Waals surface area (Å²) in [6, 6.07) is 0.104. The van der Waals surface area contributed by atoms with Crippen molar-refractivity contribution >= 4 is 17.1 Å². The SMILES string of the molecule is CCCN(C(=O)Cn1c(=O)c2c(ncn2C)n(C)c1=O)C1CC(OCC)C12CCCCC2. The van der Waals surface area contributed by atoms with Crippen LogP contribution in [0.2, 0.25) is 0 Å². The van der Waals surface area contributed by atoms with Gasteiger partial charge in [0.25, 0.3) is 5.56 Å². The van der Waals surface area contributed by atoms with Crippen molar-refractivity contribution < 1.29 is 9.53 Å². The van der Waals surface area contributed by atoms with E-state index in [1.165, 1.54) is 17.3 Å². The van der Waals surface area contributed by atoms with Crippen LogP contribution in [0.5, 0.6) is 0 Å². The highest BCUT2D eigenvalue weighted by Gasteiger charge is 2.58. The molecule has 2 aromatic heterocycles. The summed E-state index contributed by atoms with van der Waals surface area (Å²) in [6.07, 6.45) is 9.03. The zero-order chi connectivity index (χ0) is 23.0. The van der Waals surface area contributed by atoms with Crippen LogP contribution in [0.25, 0.3) is 11.2 Å². The van der Waals surface area contributed by atoms with Crippen LogP contribution in [-0.2, 0) is 30.2 Å². The molecule has 1 amide bonds. The number of carbonyl (C=O) groups excluding carboxylic acids is 1. The van der Waals surface area contributed by atoms with Gasteiger partial charge in [0.1, 0.15) is 6.54 Å². The van der Waals surface area contributed by atoms with Crippen molar-refractivity contribution in [3.63, 3.8) is 0 Å². The third-order valence-corrected chi connectivity index (χ3v) is 7.55. The monoisotopic (exact) mass is 445 g/mol. The van der Waals surface area contributed by atoms with Gasteiger partial charge in [-0.25, -0.2) is 14.3 Å². The number of carbonyl (C=O) groups is 1. The first kappa shape index (κ1) is 22.8. The van der Waals surface area contributed by atoms with Crippen molar-refractivity contribution in [2.45, 2.75) is 77.5 Å². The van der Waals surface area contributed by atoms with Crippen molar-refractivity contribution in [2.75, 3.05) is 13.2 Å². The second kappa shape index (κ2) is 8.84. The third kappa shape index (κ3) is 3.50. The van der Waals surface area contributed by atoms with Crippen LogP contribution >= 0.6 is 0 Å². The van der Waals surface area contributed by atoms with E-state index in [0.29, 0.717) is 24.3 Å². The molecule has 2 atom stereocenters. The standard InChI is InChI=1S/C23H35N5O4/c1-5-12-27(16-13-17(32-6-2)23(16)10-8-7-9-11-23)18(29)14-28-21(30)19-20(24-15-25(19)3)26(4)22(28)31/h15-17H,5-14H2,1-4H3. The van der Waals surface area contributed by atoms with Crippen LogP contribution in [0, 0.1) is 5.41 Å². The van der Waals surface area contributed by atoms with Gasteiger partial charge < -0.3 is 14.2 Å². The lowest BCUT2D eigenvalue weighted by Gasteiger charge is -2.60. The summed E-state index contributed by atoms with van der Waals surface area (Å²) in [5.41, 5.74) is -0.330. The first-order valence-electron chi connectivity index (χ1n) is 11.9. The Hall–Kier alpha value is -2.42. The van der Waals surface area contributed by atoms with Crippen molar-refractivity contribution in [1.29, 1.82) is 0 Å². The van der Waals surface area contributed by atoms with E-state index >= 15 is 0 Å². The van der Waals surface area contributed by atoms with Crippen LogP contribution in [0.4, 0.5) is 0 Å². The zero-order valence-electron chi connectivity index (χ0n) is 19.7. The van der Waals surface area contributed by atoms with E-state index in [2.05, 4.69) is 11.9 Å². The minimum atomic E-state index is -0.515. The molecule has 0 aliphatic heterocycles. The second-order valence-corrected chi connectivity index (χ2v) is 9.34. The molecule has 2 aliphatic rings. The highest BCUT2D eigenvalue weighted by molar-refractivity contribution is 5.77. The van der Waals surface area contributed by atoms with Crippen molar-refractivity contribution in [2.24, 2.45) is 19.5 Å². The lowest BCUT2D eigenvalue weighted by Crippen LogP contribution is -2.67. The van der Waals surface area contributed by atoms with Gasteiger partial charge in [-0.3, -0.25) is 14.2 Å². The number of aromatic nitrogens is 4. The fraction of sp³-hybridized carbons (Fsp3) is 0.739. The number of hydrogen-bond acceptors (Lipinski definition) is 5. The zero-order valence-corrected chi connectivity index (χ0v) is 19.7. The van der Waals surface area contributed by atoms with E-state index in [4.69, 9.17) is 4.74 Å². The maximum absolute atomic E-state index is 13.6. The second-order valence-electron chi connectivity index (χ2n) is 9.34. The topological polar surface area (TPSA) is 91.4 Å². The highest BCUT2D eigenvalue weighted by Crippen LogP contribution is 2.55. The third-order valence-electron chi connectivity index (χ3n) is 7.55. The van der Waals surface area contributed by atoms with Crippen LogP contribution < -0.4 is 11.2 Å². The average molecular weight is 446 g/mol. The number of ether oxygens (including phenoxy) is 1. The maximum Gasteiger partial charge on any atom is 0.332 e. The van der Waals surface area contributed by atoms with E-state index in [9.17, 15) is 14.4 Å². The Morgan fingerprint density at radius 2 is 1.94 bits per heavy atom. The molecular weight excluding hydrogens is 410 g/mol. The molecule has 32 heavy (non-hydrogen) atoms. The molecule has 2 heterocycles. The van der Waals surface area contributed by atoms with E-state index in [-0.39, 0.29) is 30.0 Å². The molecule has 9 heteroatoms. The van der Waals surface area contributed by atoms with Crippen molar-refractivity contribution in [3.8, 4) is 0 Å². The van der Waals surface area contributed by atoms with Gasteiger partial charge >= 0.3 is 5.69 Å². The number of hydrogen-bond donors (Lipinski definition) is 0. The number of imidazole rings is 1. The molecule has 0 radical (unpaired) electrons. The molecule has 9 nitrogen and oxygen atoms in total. The largest absolute Gasteiger partial charge is 0.378 e. The molecule has 0 saturated heterocycles. The Balaban J connectivity index is 1.66. The number of aryl methyl sites for hydroxylation is 2. The van der Waals surface area contributed by atoms with Gasteiger partial charge in [0.15, 0.2) is 11.2 Å². The Morgan fingerprint density at radius 1 is 1.22 bits per heavy atom. The Bertz CT molecular complexity index is 1110. The molecular formula is C23H35N5O4. The van der Waals surface area contributed by atoms with E-state index in [1.807, 2.05) is 11.8 Å². The fourth-order valence-electron chi connectivity index (χ4n) is 5.92. The molecule has 0 aromatic carbocycles. The Labute approximate surface area is 188 Å². The van der Waals surface area contributed by atoms with Gasteiger partial charge in [-0.05, 0) is 32.6 Å². The van der Waals surface area contributed by atoms with E-state index in [0.717, 1.165) is 43.1 Å². The summed E-state index contributed by atoms with van der Waals surface area (Å²) >= 11 is 0. The quantitative estimate of drug-likeness (QED) is 0.648. The van der Waals surface area contributed by atoms with Gasteiger partial charge in [0, 0.05) is 38.7 Å². The molecule has 2 aromatic rings. The molecule has 176 valence electrons. The predicted octanol–water partition coefficient (Wildman–Crippen LogP) is 1.80. The average Bonchev–Trinajstić information content (AvgIpc) is 3.18. The van der Waals surface area contributed by atoms with Gasteiger partial charge in [-0.2, -0.15) is 0 Å². The fourth-order valence-corrected chi connectivity index (χ4v) is 5.92. The number of nitrogens with zero attached hydrogens (tertiary/aromatic N) is 5. The number of fused-ring (bicyclic) bond motifs is 1. The molecule has 2 unspecified atom stereocenters. The first-order chi connectivity index (χ1) is 15.4. The molecule has 0 N–H and O–H groups in total. The lowest BCUT2D eigenvalue weighted by molar-refractivity contribution is -0.189. The molecule has 2 aliphatic carbocycles. The van der Waals surface area contributed by atoms with Crippen molar-refractivity contribution in [1.82, 2.24) is 23.6 Å². The van der Waals surface area contributed by atoms with Gasteiger partial charge in [-0.15, -0.1) is 0 Å². The summed E-state index contributed by atoms with van der Waals surface area (Å²) in [4.78, 5) is 45.6. The number of amides is 1. The van der Waals surface area contributed by atoms with Crippen molar-refractivity contribution in [3.05, 3.63) is 27.2 Å². The van der Waals surface area contributed by atoms with Gasteiger partial charge in [-0.1, -0.05) is 26.2 Å². The minimum Gasteiger partial charge on any atom is -0.378 e. The summed E-state index contributed by atoms with van der Waals surface area (Å²) in [7, 11) is 3.29. The highest BCUT2D eigenvalue weighted by atomic mass is 16.5. The molecule has 4 rings (SSSR count). The normalized spacial score (nSPS) is 22.2. The Kier molecular flexibility index (Phi) is 6.29. The van der Waals surface area contributed by atoms with Crippen LogP contribution in [0.1, 0.15) is 58.8 Å². The summed E-state index contributed by atoms with van der Waals surface area (Å²) < 4.78 is 10.1. The van der Waals surface area contributed by atoms with Crippen LogP contribution in [0.15, 0.2) is 15.9 Å². The summed E-state index contributed by atoms with van der Waals surface area (Å²) in [5, 5.41) is 0.